The number of nitrogens with zero attached hydrogens (tertiary/aromatic N) is 1. The van der Waals surface area contributed by atoms with Crippen LogP contribution in [0.3, 0.4) is 0 Å². The zero-order valence-electron chi connectivity index (χ0n) is 13.6. The van der Waals surface area contributed by atoms with Crippen molar-refractivity contribution >= 4 is 17.6 Å². The van der Waals surface area contributed by atoms with Crippen LogP contribution in [-0.4, -0.2) is 17.4 Å². The van der Waals surface area contributed by atoms with Gasteiger partial charge in [-0.15, -0.1) is 0 Å². The summed E-state index contributed by atoms with van der Waals surface area (Å²) in [6.45, 7) is 6.47. The predicted octanol–water partition coefficient (Wildman–Crippen LogP) is 2.73. The van der Waals surface area contributed by atoms with E-state index in [1.54, 1.807) is 12.1 Å². The molecule has 0 aliphatic heterocycles. The van der Waals surface area contributed by atoms with E-state index in [9.17, 15) is 4.79 Å². The van der Waals surface area contributed by atoms with Gasteiger partial charge in [-0.05, 0) is 50.6 Å². The first-order valence-corrected chi connectivity index (χ1v) is 7.35. The molecule has 0 unspecified atom stereocenters. The molecule has 23 heavy (non-hydrogen) atoms. The summed E-state index contributed by atoms with van der Waals surface area (Å²) in [6, 6.07) is 10.7. The van der Waals surface area contributed by atoms with E-state index in [0.29, 0.717) is 18.2 Å². The fourth-order valence-electron chi connectivity index (χ4n) is 1.95. The molecule has 2 aromatic rings. The van der Waals surface area contributed by atoms with Gasteiger partial charge in [-0.3, -0.25) is 4.79 Å². The van der Waals surface area contributed by atoms with E-state index in [-0.39, 0.29) is 17.2 Å². The molecule has 0 spiro atoms. The molecule has 0 atom stereocenters. The van der Waals surface area contributed by atoms with Gasteiger partial charge >= 0.3 is 0 Å². The number of carbonyl (C=O) groups is 1. The molecule has 0 radical (unpaired) electrons. The molecule has 0 saturated carbocycles. The Hall–Kier alpha value is -2.76. The van der Waals surface area contributed by atoms with Gasteiger partial charge in [-0.25, -0.2) is 4.99 Å². The molecule has 2 rings (SSSR count). The van der Waals surface area contributed by atoms with Gasteiger partial charge in [0.25, 0.3) is 5.91 Å². The number of guanidine groups is 1. The van der Waals surface area contributed by atoms with Gasteiger partial charge in [-0.2, -0.15) is 0 Å². The molecule has 0 fully saturated rings. The van der Waals surface area contributed by atoms with Gasteiger partial charge in [0.1, 0.15) is 0 Å². The monoisotopic (exact) mass is 314 g/mol. The molecule has 0 aliphatic carbocycles. The highest BCUT2D eigenvalue weighted by molar-refractivity contribution is 6.02. The van der Waals surface area contributed by atoms with Crippen LogP contribution in [-0.2, 0) is 6.54 Å². The standard InChI is InChI=1S/C17H22N4O2/c1-17(2,3)21-16(18)19-11-12-6-4-7-13(10-12)20-15(22)14-8-5-9-23-14/h4-10H,11H2,1-3H3,(H,20,22)(H3,18,19,21). The maximum atomic E-state index is 11.9. The molecule has 6 nitrogen and oxygen atoms in total. The molecule has 0 bridgehead atoms. The summed E-state index contributed by atoms with van der Waals surface area (Å²) in [5.41, 5.74) is 7.34. The number of furan rings is 1. The Morgan fingerprint density at radius 1 is 1.26 bits per heavy atom. The number of rotatable bonds is 4. The number of carbonyl (C=O) groups excluding carboxylic acids is 1. The number of aliphatic imine (C=N–C) groups is 1. The maximum absolute atomic E-state index is 11.9. The highest BCUT2D eigenvalue weighted by atomic mass is 16.3. The lowest BCUT2D eigenvalue weighted by Crippen LogP contribution is -2.44. The van der Waals surface area contributed by atoms with E-state index >= 15 is 0 Å². The Kier molecular flexibility index (Phi) is 5.05. The van der Waals surface area contributed by atoms with Crippen LogP contribution in [0.4, 0.5) is 5.69 Å². The molecule has 122 valence electrons. The van der Waals surface area contributed by atoms with Crippen LogP contribution in [0.2, 0.25) is 0 Å². The Bertz CT molecular complexity index is 685. The Morgan fingerprint density at radius 2 is 2.04 bits per heavy atom. The van der Waals surface area contributed by atoms with Gasteiger partial charge in [-0.1, -0.05) is 12.1 Å². The van der Waals surface area contributed by atoms with Crippen molar-refractivity contribution < 1.29 is 9.21 Å². The van der Waals surface area contributed by atoms with Gasteiger partial charge in [0.05, 0.1) is 12.8 Å². The van der Waals surface area contributed by atoms with Crippen molar-refractivity contribution in [1.82, 2.24) is 5.32 Å². The van der Waals surface area contributed by atoms with Crippen LogP contribution < -0.4 is 16.4 Å². The number of nitrogens with one attached hydrogen (secondary N) is 2. The minimum atomic E-state index is -0.287. The predicted molar refractivity (Wildman–Crippen MR) is 91.3 cm³/mol. The van der Waals surface area contributed by atoms with Crippen molar-refractivity contribution in [2.75, 3.05) is 5.32 Å². The summed E-state index contributed by atoms with van der Waals surface area (Å²) in [7, 11) is 0. The summed E-state index contributed by atoms with van der Waals surface area (Å²) >= 11 is 0. The van der Waals surface area contributed by atoms with E-state index in [1.165, 1.54) is 6.26 Å². The van der Waals surface area contributed by atoms with E-state index in [2.05, 4.69) is 15.6 Å². The minimum absolute atomic E-state index is 0.132. The third-order valence-electron chi connectivity index (χ3n) is 2.86. The van der Waals surface area contributed by atoms with Crippen LogP contribution in [0.1, 0.15) is 36.9 Å². The van der Waals surface area contributed by atoms with E-state index in [4.69, 9.17) is 10.2 Å². The van der Waals surface area contributed by atoms with E-state index in [0.717, 1.165) is 5.56 Å². The summed E-state index contributed by atoms with van der Waals surface area (Å²) in [6.07, 6.45) is 1.46. The normalized spacial score (nSPS) is 12.0. The van der Waals surface area contributed by atoms with Crippen LogP contribution >= 0.6 is 0 Å². The first kappa shape index (κ1) is 16.6. The number of nitrogens with two attached hydrogens (primary N) is 1. The molecular weight excluding hydrogens is 292 g/mol. The van der Waals surface area contributed by atoms with Crippen molar-refractivity contribution in [1.29, 1.82) is 0 Å². The number of hydrogen-bond donors (Lipinski definition) is 3. The van der Waals surface area contributed by atoms with Crippen molar-refractivity contribution in [3.05, 3.63) is 54.0 Å². The first-order valence-electron chi connectivity index (χ1n) is 7.35. The number of hydrogen-bond acceptors (Lipinski definition) is 3. The highest BCUT2D eigenvalue weighted by Crippen LogP contribution is 2.13. The SMILES string of the molecule is CC(C)(C)NC(N)=NCc1cccc(NC(=O)c2ccco2)c1. The quantitative estimate of drug-likeness (QED) is 0.597. The molecule has 1 aromatic carbocycles. The summed E-state index contributed by atoms with van der Waals surface area (Å²) in [5, 5.41) is 5.88. The summed E-state index contributed by atoms with van der Waals surface area (Å²) in [5.74, 6) is 0.374. The summed E-state index contributed by atoms with van der Waals surface area (Å²) < 4.78 is 5.06. The van der Waals surface area contributed by atoms with E-state index in [1.807, 2.05) is 45.0 Å². The first-order chi connectivity index (χ1) is 10.8. The van der Waals surface area contributed by atoms with E-state index < -0.39 is 0 Å². The van der Waals surface area contributed by atoms with Crippen LogP contribution in [0, 0.1) is 0 Å². The fraction of sp³-hybridized carbons (Fsp3) is 0.294. The molecule has 0 aliphatic rings. The smallest absolute Gasteiger partial charge is 0.291 e. The van der Waals surface area contributed by atoms with Gasteiger partial charge in [0.15, 0.2) is 11.7 Å². The van der Waals surface area contributed by atoms with Gasteiger partial charge in [0.2, 0.25) is 0 Å². The molecule has 6 heteroatoms. The number of benzene rings is 1. The molecule has 4 N–H and O–H groups in total. The average molecular weight is 314 g/mol. The second-order valence-electron chi connectivity index (χ2n) is 6.21. The third-order valence-corrected chi connectivity index (χ3v) is 2.86. The Morgan fingerprint density at radius 3 is 2.70 bits per heavy atom. The topological polar surface area (TPSA) is 92.6 Å². The molecular formula is C17H22N4O2. The highest BCUT2D eigenvalue weighted by Gasteiger charge is 2.10. The maximum Gasteiger partial charge on any atom is 0.291 e. The van der Waals surface area contributed by atoms with Crippen LogP contribution in [0.15, 0.2) is 52.1 Å². The number of amides is 1. The third kappa shape index (κ3) is 5.50. The average Bonchev–Trinajstić information content (AvgIpc) is 2.98. The Labute approximate surface area is 135 Å². The largest absolute Gasteiger partial charge is 0.459 e. The summed E-state index contributed by atoms with van der Waals surface area (Å²) in [4.78, 5) is 16.2. The van der Waals surface area contributed by atoms with Crippen molar-refractivity contribution in [3.8, 4) is 0 Å². The van der Waals surface area contributed by atoms with Gasteiger partial charge in [0, 0.05) is 11.2 Å². The van der Waals surface area contributed by atoms with Gasteiger partial charge < -0.3 is 20.8 Å². The minimum Gasteiger partial charge on any atom is -0.459 e. The molecule has 1 heterocycles. The Balaban J connectivity index is 2.00. The second-order valence-corrected chi connectivity index (χ2v) is 6.21. The lowest BCUT2D eigenvalue weighted by atomic mass is 10.1. The van der Waals surface area contributed by atoms with Crippen molar-refractivity contribution in [2.24, 2.45) is 10.7 Å². The second kappa shape index (κ2) is 7.00. The molecule has 0 saturated heterocycles. The number of anilines is 1. The molecule has 1 amide bonds. The lowest BCUT2D eigenvalue weighted by Gasteiger charge is -2.21. The van der Waals surface area contributed by atoms with Crippen LogP contribution in [0.5, 0.6) is 0 Å². The zero-order chi connectivity index (χ0) is 16.9. The fourth-order valence-corrected chi connectivity index (χ4v) is 1.95. The lowest BCUT2D eigenvalue weighted by molar-refractivity contribution is 0.0996. The van der Waals surface area contributed by atoms with Crippen molar-refractivity contribution in [2.45, 2.75) is 32.9 Å². The zero-order valence-corrected chi connectivity index (χ0v) is 13.6. The van der Waals surface area contributed by atoms with Crippen LogP contribution in [0.25, 0.3) is 0 Å². The van der Waals surface area contributed by atoms with Crippen molar-refractivity contribution in [3.63, 3.8) is 0 Å². The molecule has 1 aromatic heterocycles.